The zero-order chi connectivity index (χ0) is 21.3. The van der Waals surface area contributed by atoms with Gasteiger partial charge in [-0.15, -0.1) is 24.0 Å². The van der Waals surface area contributed by atoms with Crippen LogP contribution in [0.15, 0.2) is 41.5 Å². The van der Waals surface area contributed by atoms with Crippen LogP contribution in [0.5, 0.6) is 5.75 Å². The molecule has 170 valence electrons. The summed E-state index contributed by atoms with van der Waals surface area (Å²) >= 11 is 6.32. The number of nitrogens with zero attached hydrogens (tertiary/aromatic N) is 4. The number of anilines is 1. The smallest absolute Gasteiger partial charge is 0.191 e. The summed E-state index contributed by atoms with van der Waals surface area (Å²) in [6.07, 6.45) is 2.68. The third kappa shape index (κ3) is 7.69. The Hall–Kier alpha value is -1.78. The van der Waals surface area contributed by atoms with Gasteiger partial charge >= 0.3 is 0 Å². The van der Waals surface area contributed by atoms with Crippen molar-refractivity contribution in [3.8, 4) is 5.75 Å². The molecule has 1 saturated heterocycles. The van der Waals surface area contributed by atoms with Crippen LogP contribution in [0.2, 0.25) is 5.02 Å². The molecule has 1 aromatic heterocycles. The maximum Gasteiger partial charge on any atom is 0.191 e. The van der Waals surface area contributed by atoms with Crippen LogP contribution in [0.4, 0.5) is 5.82 Å². The number of methoxy groups -OCH3 is 1. The van der Waals surface area contributed by atoms with Crippen molar-refractivity contribution in [3.05, 3.63) is 52.7 Å². The summed E-state index contributed by atoms with van der Waals surface area (Å²) < 4.78 is 5.20. The van der Waals surface area contributed by atoms with Crippen LogP contribution in [0.3, 0.4) is 0 Å². The van der Waals surface area contributed by atoms with E-state index in [9.17, 15) is 0 Å². The fourth-order valence-corrected chi connectivity index (χ4v) is 3.62. The summed E-state index contributed by atoms with van der Waals surface area (Å²) in [4.78, 5) is 13.6. The molecule has 0 atom stereocenters. The van der Waals surface area contributed by atoms with Gasteiger partial charge in [0.15, 0.2) is 5.96 Å². The number of hydrogen-bond donors (Lipinski definition) is 2. The van der Waals surface area contributed by atoms with E-state index in [0.717, 1.165) is 62.2 Å². The van der Waals surface area contributed by atoms with Gasteiger partial charge in [0.1, 0.15) is 11.6 Å². The third-order valence-electron chi connectivity index (χ3n) is 5.27. The molecule has 1 aromatic carbocycles. The molecule has 1 aliphatic rings. The average Bonchev–Trinajstić information content (AvgIpc) is 2.77. The lowest BCUT2D eigenvalue weighted by Gasteiger charge is -2.33. The highest BCUT2D eigenvalue weighted by molar-refractivity contribution is 14.0. The van der Waals surface area contributed by atoms with E-state index >= 15 is 0 Å². The van der Waals surface area contributed by atoms with Crippen LogP contribution < -0.4 is 20.3 Å². The first-order valence-corrected chi connectivity index (χ1v) is 10.6. The Morgan fingerprint density at radius 3 is 2.61 bits per heavy atom. The highest BCUT2D eigenvalue weighted by Gasteiger charge is 2.15. The molecule has 2 heterocycles. The predicted molar refractivity (Wildman–Crippen MR) is 139 cm³/mol. The number of likely N-dealkylation sites (N-methyl/N-ethyl adjacent to an activating group) is 1. The van der Waals surface area contributed by atoms with Crippen molar-refractivity contribution < 1.29 is 4.74 Å². The molecule has 1 fully saturated rings. The molecule has 0 bridgehead atoms. The van der Waals surface area contributed by atoms with Crippen molar-refractivity contribution in [3.63, 3.8) is 0 Å². The quantitative estimate of drug-likeness (QED) is 0.310. The molecule has 9 heteroatoms. The molecule has 0 aliphatic carbocycles. The number of benzene rings is 1. The number of hydrogen-bond acceptors (Lipinski definition) is 5. The van der Waals surface area contributed by atoms with Crippen molar-refractivity contribution >= 4 is 47.4 Å². The number of piperazine rings is 1. The SMILES string of the molecule is CN=C(NCCc1ccc(OC)cc1Cl)NCc1ccnc(N2CCN(C)CC2)c1.I. The summed E-state index contributed by atoms with van der Waals surface area (Å²) in [6.45, 7) is 5.58. The van der Waals surface area contributed by atoms with E-state index in [0.29, 0.717) is 11.6 Å². The number of rotatable bonds is 7. The molecule has 1 aliphatic heterocycles. The summed E-state index contributed by atoms with van der Waals surface area (Å²) in [5.41, 5.74) is 2.26. The standard InChI is InChI=1S/C22H31ClN6O.HI/c1-24-22(26-9-7-18-4-5-19(30-3)15-20(18)23)27-16-17-6-8-25-21(14-17)29-12-10-28(2)11-13-29;/h4-6,8,14-15H,7,9-13,16H2,1-3H3,(H2,24,26,27);1H. The lowest BCUT2D eigenvalue weighted by atomic mass is 10.1. The van der Waals surface area contributed by atoms with Crippen LogP contribution in [0.1, 0.15) is 11.1 Å². The largest absolute Gasteiger partial charge is 0.497 e. The molecule has 7 nitrogen and oxygen atoms in total. The summed E-state index contributed by atoms with van der Waals surface area (Å²) in [5.74, 6) is 2.57. The van der Waals surface area contributed by atoms with Gasteiger partial charge in [-0.3, -0.25) is 4.99 Å². The topological polar surface area (TPSA) is 65.0 Å². The fraction of sp³-hybridized carbons (Fsp3) is 0.455. The Morgan fingerprint density at radius 2 is 1.94 bits per heavy atom. The van der Waals surface area contributed by atoms with Gasteiger partial charge in [0.25, 0.3) is 0 Å². The molecule has 2 aromatic rings. The van der Waals surface area contributed by atoms with Gasteiger partial charge in [-0.25, -0.2) is 4.98 Å². The Kier molecular flexibility index (Phi) is 10.6. The second-order valence-electron chi connectivity index (χ2n) is 7.37. The number of ether oxygens (including phenoxy) is 1. The minimum Gasteiger partial charge on any atom is -0.497 e. The zero-order valence-corrected chi connectivity index (χ0v) is 21.5. The van der Waals surface area contributed by atoms with Gasteiger partial charge < -0.3 is 25.2 Å². The maximum absolute atomic E-state index is 6.32. The molecule has 0 saturated carbocycles. The zero-order valence-electron chi connectivity index (χ0n) is 18.4. The van der Waals surface area contributed by atoms with Crippen LogP contribution >= 0.6 is 35.6 Å². The molecule has 0 unspecified atom stereocenters. The Balaban J connectivity index is 0.00000341. The Morgan fingerprint density at radius 1 is 1.16 bits per heavy atom. The lowest BCUT2D eigenvalue weighted by molar-refractivity contribution is 0.312. The summed E-state index contributed by atoms with van der Waals surface area (Å²) in [5, 5.41) is 7.43. The van der Waals surface area contributed by atoms with E-state index in [1.807, 2.05) is 30.5 Å². The first-order valence-electron chi connectivity index (χ1n) is 10.2. The van der Waals surface area contributed by atoms with E-state index < -0.39 is 0 Å². The number of aromatic nitrogens is 1. The molecular formula is C22H32ClIN6O. The number of guanidine groups is 1. The van der Waals surface area contributed by atoms with E-state index in [2.05, 4.69) is 43.5 Å². The van der Waals surface area contributed by atoms with Gasteiger partial charge in [-0.2, -0.15) is 0 Å². The molecule has 3 rings (SSSR count). The monoisotopic (exact) mass is 558 g/mol. The highest BCUT2D eigenvalue weighted by atomic mass is 127. The Labute approximate surface area is 207 Å². The second kappa shape index (κ2) is 12.9. The second-order valence-corrected chi connectivity index (χ2v) is 7.78. The number of aliphatic imine (C=N–C) groups is 1. The fourth-order valence-electron chi connectivity index (χ4n) is 3.36. The predicted octanol–water partition coefficient (Wildman–Crippen LogP) is 3.02. The van der Waals surface area contributed by atoms with E-state index in [1.54, 1.807) is 14.2 Å². The van der Waals surface area contributed by atoms with Gasteiger partial charge in [0.05, 0.1) is 7.11 Å². The first-order chi connectivity index (χ1) is 14.6. The van der Waals surface area contributed by atoms with Crippen molar-refractivity contribution in [2.75, 3.05) is 58.8 Å². The van der Waals surface area contributed by atoms with Gasteiger partial charge in [-0.1, -0.05) is 17.7 Å². The Bertz CT molecular complexity index is 858. The van der Waals surface area contributed by atoms with Crippen molar-refractivity contribution in [2.45, 2.75) is 13.0 Å². The van der Waals surface area contributed by atoms with Crippen LogP contribution in [0.25, 0.3) is 0 Å². The lowest BCUT2D eigenvalue weighted by Crippen LogP contribution is -2.44. The molecule has 31 heavy (non-hydrogen) atoms. The maximum atomic E-state index is 6.32. The van der Waals surface area contributed by atoms with Gasteiger partial charge in [-0.05, 0) is 48.9 Å². The summed E-state index contributed by atoms with van der Waals surface area (Å²) in [6, 6.07) is 9.95. The molecule has 0 amide bonds. The molecule has 0 radical (unpaired) electrons. The molecular weight excluding hydrogens is 527 g/mol. The minimum atomic E-state index is 0. The van der Waals surface area contributed by atoms with E-state index in [-0.39, 0.29) is 24.0 Å². The van der Waals surface area contributed by atoms with Crippen LogP contribution in [0, 0.1) is 0 Å². The van der Waals surface area contributed by atoms with E-state index in [1.165, 1.54) is 5.56 Å². The van der Waals surface area contributed by atoms with Gasteiger partial charge in [0, 0.05) is 57.5 Å². The average molecular weight is 559 g/mol. The van der Waals surface area contributed by atoms with E-state index in [4.69, 9.17) is 16.3 Å². The normalized spacial score (nSPS) is 14.7. The highest BCUT2D eigenvalue weighted by Crippen LogP contribution is 2.22. The third-order valence-corrected chi connectivity index (χ3v) is 5.62. The first kappa shape index (κ1) is 25.5. The van der Waals surface area contributed by atoms with Crippen molar-refractivity contribution in [1.29, 1.82) is 0 Å². The summed E-state index contributed by atoms with van der Waals surface area (Å²) in [7, 11) is 5.57. The minimum absolute atomic E-state index is 0. The van der Waals surface area contributed by atoms with Gasteiger partial charge in [0.2, 0.25) is 0 Å². The van der Waals surface area contributed by atoms with Crippen molar-refractivity contribution in [1.82, 2.24) is 20.5 Å². The molecule has 2 N–H and O–H groups in total. The van der Waals surface area contributed by atoms with Crippen LogP contribution in [-0.2, 0) is 13.0 Å². The number of halogens is 2. The number of pyridine rings is 1. The number of nitrogens with one attached hydrogen (secondary N) is 2. The van der Waals surface area contributed by atoms with Crippen LogP contribution in [-0.4, -0.2) is 69.8 Å². The van der Waals surface area contributed by atoms with Crippen molar-refractivity contribution in [2.24, 2.45) is 4.99 Å². The molecule has 0 spiro atoms.